The van der Waals surface area contributed by atoms with Crippen LogP contribution in [0.1, 0.15) is 79.1 Å². The number of nitriles is 1. The highest BCUT2D eigenvalue weighted by Crippen LogP contribution is 2.37. The minimum absolute atomic E-state index is 0.00801. The number of aliphatic hydroxyl groups is 1. The van der Waals surface area contributed by atoms with Crippen LogP contribution in [-0.4, -0.2) is 79.3 Å². The molecule has 0 spiro atoms. The van der Waals surface area contributed by atoms with E-state index in [0.29, 0.717) is 42.6 Å². The number of amides is 1. The first-order valence-corrected chi connectivity index (χ1v) is 16.5. The number of hydrogen-bond acceptors (Lipinski definition) is 9. The van der Waals surface area contributed by atoms with Gasteiger partial charge in [0, 0.05) is 37.9 Å². The van der Waals surface area contributed by atoms with Gasteiger partial charge in [-0.05, 0) is 61.9 Å². The maximum atomic E-state index is 13.5. The van der Waals surface area contributed by atoms with E-state index in [4.69, 9.17) is 20.0 Å². The Morgan fingerprint density at radius 3 is 2.59 bits per heavy atom. The summed E-state index contributed by atoms with van der Waals surface area (Å²) in [5.74, 6) is -0.708. The van der Waals surface area contributed by atoms with Crippen LogP contribution in [0.25, 0.3) is 0 Å². The van der Waals surface area contributed by atoms with Gasteiger partial charge in [0.15, 0.2) is 0 Å². The van der Waals surface area contributed by atoms with E-state index in [-0.39, 0.29) is 36.0 Å². The molecule has 1 amide bonds. The van der Waals surface area contributed by atoms with Gasteiger partial charge >= 0.3 is 5.97 Å². The molecule has 3 aliphatic rings. The van der Waals surface area contributed by atoms with Crippen LogP contribution in [0.15, 0.2) is 29.0 Å². The molecule has 2 fully saturated rings. The Balaban J connectivity index is 1.84. The Morgan fingerprint density at radius 1 is 1.16 bits per heavy atom. The molecule has 0 aromatic rings. The SMILES string of the molecule is CC1CC(C)CC(C)C(O)/C(C#N)=C/C=C/CC(C2CCCC2C(N)=O)OC(=O)C/C(=N\OCCN2CCOCC2)C(C)C1. The molecule has 1 saturated heterocycles. The van der Waals surface area contributed by atoms with Crippen molar-refractivity contribution < 1.29 is 29.0 Å². The average Bonchev–Trinajstić information content (AvgIpc) is 3.48. The number of rotatable bonds is 6. The van der Waals surface area contributed by atoms with Gasteiger partial charge in [-0.1, -0.05) is 51.4 Å². The third-order valence-corrected chi connectivity index (χ3v) is 9.48. The molecule has 10 heteroatoms. The fraction of sp³-hybridized carbons (Fsp3) is 0.765. The van der Waals surface area contributed by atoms with Crippen molar-refractivity contribution in [2.75, 3.05) is 39.5 Å². The molecule has 3 rings (SSSR count). The number of carbonyl (C=O) groups excluding carboxylic acids is 2. The summed E-state index contributed by atoms with van der Waals surface area (Å²) in [5.41, 5.74) is 6.70. The van der Waals surface area contributed by atoms with E-state index in [1.54, 1.807) is 12.2 Å². The fourth-order valence-corrected chi connectivity index (χ4v) is 7.15. The maximum absolute atomic E-state index is 13.5. The van der Waals surface area contributed by atoms with Crippen molar-refractivity contribution in [2.24, 2.45) is 46.4 Å². The summed E-state index contributed by atoms with van der Waals surface area (Å²) in [5, 5.41) is 25.2. The largest absolute Gasteiger partial charge is 0.461 e. The number of primary amides is 1. The molecule has 10 nitrogen and oxygen atoms in total. The third-order valence-electron chi connectivity index (χ3n) is 9.48. The first kappa shape index (κ1) is 35.7. The molecule has 44 heavy (non-hydrogen) atoms. The van der Waals surface area contributed by atoms with Gasteiger partial charge in [0.1, 0.15) is 12.7 Å². The van der Waals surface area contributed by atoms with E-state index >= 15 is 0 Å². The Morgan fingerprint density at radius 2 is 1.89 bits per heavy atom. The maximum Gasteiger partial charge on any atom is 0.311 e. The van der Waals surface area contributed by atoms with Crippen LogP contribution in [0.5, 0.6) is 0 Å². The van der Waals surface area contributed by atoms with Crippen LogP contribution >= 0.6 is 0 Å². The monoisotopic (exact) mass is 614 g/mol. The highest BCUT2D eigenvalue weighted by molar-refractivity contribution is 6.00. The van der Waals surface area contributed by atoms with Gasteiger partial charge in [-0.2, -0.15) is 5.26 Å². The molecule has 0 bridgehead atoms. The van der Waals surface area contributed by atoms with Crippen molar-refractivity contribution in [3.63, 3.8) is 0 Å². The number of carbonyl (C=O) groups is 2. The fourth-order valence-electron chi connectivity index (χ4n) is 7.15. The lowest BCUT2D eigenvalue weighted by molar-refractivity contribution is -0.152. The summed E-state index contributed by atoms with van der Waals surface area (Å²) >= 11 is 0. The van der Waals surface area contributed by atoms with E-state index in [1.807, 2.05) is 13.0 Å². The Labute approximate surface area is 263 Å². The van der Waals surface area contributed by atoms with Crippen LogP contribution in [0, 0.1) is 46.8 Å². The summed E-state index contributed by atoms with van der Waals surface area (Å²) in [4.78, 5) is 33.7. The van der Waals surface area contributed by atoms with Gasteiger partial charge in [0.2, 0.25) is 5.91 Å². The Hall–Kier alpha value is -2.74. The summed E-state index contributed by atoms with van der Waals surface area (Å²) in [6, 6.07) is 2.15. The predicted octanol–water partition coefficient (Wildman–Crippen LogP) is 4.38. The lowest BCUT2D eigenvalue weighted by atomic mass is 9.82. The van der Waals surface area contributed by atoms with E-state index < -0.39 is 18.2 Å². The molecule has 3 N–H and O–H groups in total. The van der Waals surface area contributed by atoms with Gasteiger partial charge in [0.05, 0.1) is 43.1 Å². The predicted molar refractivity (Wildman–Crippen MR) is 169 cm³/mol. The number of nitrogens with two attached hydrogens (primary N) is 1. The lowest BCUT2D eigenvalue weighted by Gasteiger charge is -2.28. The third kappa shape index (κ3) is 11.3. The number of nitrogens with zero attached hydrogens (tertiary/aromatic N) is 3. The first-order chi connectivity index (χ1) is 21.1. The second kappa shape index (κ2) is 18.3. The molecular weight excluding hydrogens is 560 g/mol. The number of ether oxygens (including phenoxy) is 2. The zero-order valence-corrected chi connectivity index (χ0v) is 27.2. The van der Waals surface area contributed by atoms with Crippen LogP contribution in [-0.2, 0) is 23.9 Å². The molecular formula is C34H54N4O6. The lowest BCUT2D eigenvalue weighted by Crippen LogP contribution is -2.38. The van der Waals surface area contributed by atoms with E-state index in [9.17, 15) is 20.0 Å². The van der Waals surface area contributed by atoms with Gasteiger partial charge < -0.3 is 25.2 Å². The molecule has 0 aromatic heterocycles. The molecule has 1 saturated carbocycles. The van der Waals surface area contributed by atoms with Gasteiger partial charge in [-0.15, -0.1) is 0 Å². The Bertz CT molecular complexity index is 1060. The Kier molecular flexibility index (Phi) is 14.8. The van der Waals surface area contributed by atoms with E-state index in [0.717, 1.165) is 65.0 Å². The van der Waals surface area contributed by atoms with Crippen molar-refractivity contribution in [2.45, 2.75) is 91.3 Å². The number of esters is 1. The smallest absolute Gasteiger partial charge is 0.311 e. The molecule has 0 aromatic carbocycles. The second-order valence-corrected chi connectivity index (χ2v) is 13.3. The number of aliphatic hydroxyl groups excluding tert-OH is 1. The average molecular weight is 615 g/mol. The summed E-state index contributed by atoms with van der Waals surface area (Å²) < 4.78 is 11.5. The highest BCUT2D eigenvalue weighted by Gasteiger charge is 2.38. The van der Waals surface area contributed by atoms with Crippen molar-refractivity contribution in [1.29, 1.82) is 5.26 Å². The summed E-state index contributed by atoms with van der Waals surface area (Å²) in [6.45, 7) is 12.8. The number of hydrogen-bond donors (Lipinski definition) is 2. The zero-order valence-electron chi connectivity index (χ0n) is 27.2. The minimum atomic E-state index is -0.865. The molecule has 2 heterocycles. The highest BCUT2D eigenvalue weighted by atomic mass is 16.6. The van der Waals surface area contributed by atoms with Crippen LogP contribution in [0.3, 0.4) is 0 Å². The molecule has 0 radical (unpaired) electrons. The summed E-state index contributed by atoms with van der Waals surface area (Å²) in [6.07, 6.45) is 9.00. The number of oxime groups is 1. The van der Waals surface area contributed by atoms with Crippen molar-refractivity contribution in [3.05, 3.63) is 23.8 Å². The zero-order chi connectivity index (χ0) is 32.1. The second-order valence-electron chi connectivity index (χ2n) is 13.3. The normalized spacial score (nSPS) is 36.7. The van der Waals surface area contributed by atoms with Crippen molar-refractivity contribution in [1.82, 2.24) is 4.90 Å². The topological polar surface area (TPSA) is 147 Å². The van der Waals surface area contributed by atoms with Crippen LogP contribution < -0.4 is 5.73 Å². The standard InChI is InChI=1S/C34H54N4O6/c1-23-18-24(2)20-26(4)33(40)27(22-35)8-5-6-11-31(28-9-7-10-29(28)34(36)41)44-32(39)21-30(25(3)19-23)37-43-17-14-38-12-15-42-16-13-38/h5-6,8,23-26,28-29,31,33,40H,7,9-21H2,1-4H3,(H2,36,41)/b6-5+,27-8+,37-30+. The molecule has 8 unspecified atom stereocenters. The van der Waals surface area contributed by atoms with Crippen molar-refractivity contribution in [3.8, 4) is 6.07 Å². The molecule has 8 atom stereocenters. The van der Waals surface area contributed by atoms with E-state index in [1.165, 1.54) is 0 Å². The minimum Gasteiger partial charge on any atom is -0.461 e. The molecule has 1 aliphatic carbocycles. The molecule has 2 aliphatic heterocycles. The quantitative estimate of drug-likeness (QED) is 0.255. The van der Waals surface area contributed by atoms with Gasteiger partial charge in [-0.3, -0.25) is 14.5 Å². The number of cyclic esters (lactones) is 1. The van der Waals surface area contributed by atoms with Gasteiger partial charge in [-0.25, -0.2) is 0 Å². The van der Waals surface area contributed by atoms with E-state index in [2.05, 4.69) is 36.9 Å². The van der Waals surface area contributed by atoms with Gasteiger partial charge in [0.25, 0.3) is 0 Å². The number of morpholine rings is 1. The van der Waals surface area contributed by atoms with Crippen molar-refractivity contribution >= 4 is 17.6 Å². The van der Waals surface area contributed by atoms with Crippen LogP contribution in [0.4, 0.5) is 0 Å². The first-order valence-electron chi connectivity index (χ1n) is 16.5. The van der Waals surface area contributed by atoms with Crippen LogP contribution in [0.2, 0.25) is 0 Å². The molecule has 246 valence electrons. The summed E-state index contributed by atoms with van der Waals surface area (Å²) in [7, 11) is 0. The number of allylic oxidation sites excluding steroid dienone is 2.